The number of imidazole rings is 1. The lowest BCUT2D eigenvalue weighted by molar-refractivity contribution is -0.131. The normalized spacial score (nSPS) is 14.8. The van der Waals surface area contributed by atoms with E-state index in [0.29, 0.717) is 19.7 Å². The van der Waals surface area contributed by atoms with Gasteiger partial charge in [-0.3, -0.25) is 9.69 Å². The van der Waals surface area contributed by atoms with Crippen molar-refractivity contribution in [3.8, 4) is 0 Å². The highest BCUT2D eigenvalue weighted by Gasteiger charge is 2.25. The van der Waals surface area contributed by atoms with E-state index in [1.54, 1.807) is 13.2 Å². The van der Waals surface area contributed by atoms with Crippen molar-refractivity contribution in [3.63, 3.8) is 0 Å². The Hall–Kier alpha value is -2.05. The quantitative estimate of drug-likeness (QED) is 0.826. The lowest BCUT2D eigenvalue weighted by Gasteiger charge is -2.19. The van der Waals surface area contributed by atoms with Crippen LogP contribution in [0.5, 0.6) is 0 Å². The minimum absolute atomic E-state index is 0.0506. The molecule has 0 aliphatic carbocycles. The summed E-state index contributed by atoms with van der Waals surface area (Å²) in [6, 6.07) is 0. The Morgan fingerprint density at radius 2 is 2.44 bits per heavy atom. The van der Waals surface area contributed by atoms with Gasteiger partial charge in [0.25, 0.3) is 0 Å². The first-order valence-electron chi connectivity index (χ1n) is 5.72. The molecule has 0 saturated carbocycles. The minimum atomic E-state index is -0.425. The molecule has 2 heterocycles. The Kier molecular flexibility index (Phi) is 3.50. The van der Waals surface area contributed by atoms with Gasteiger partial charge in [0.2, 0.25) is 5.91 Å². The summed E-state index contributed by atoms with van der Waals surface area (Å²) in [6.07, 6.45) is 1.29. The molecule has 18 heavy (non-hydrogen) atoms. The van der Waals surface area contributed by atoms with Gasteiger partial charge in [-0.05, 0) is 6.92 Å². The van der Waals surface area contributed by atoms with Crippen LogP contribution in [0.1, 0.15) is 11.5 Å². The van der Waals surface area contributed by atoms with E-state index in [9.17, 15) is 9.59 Å². The summed E-state index contributed by atoms with van der Waals surface area (Å²) in [5.41, 5.74) is 0.953. The second-order valence-corrected chi connectivity index (χ2v) is 4.30. The van der Waals surface area contributed by atoms with Crippen LogP contribution in [0.25, 0.3) is 0 Å². The Morgan fingerprint density at radius 1 is 1.67 bits per heavy atom. The summed E-state index contributed by atoms with van der Waals surface area (Å²) < 4.78 is 4.77. The fourth-order valence-corrected chi connectivity index (χ4v) is 1.71. The number of H-pyrrole nitrogens is 1. The molecule has 1 saturated heterocycles. The largest absolute Gasteiger partial charge is 0.448 e. The van der Waals surface area contributed by atoms with Crippen molar-refractivity contribution in [2.24, 2.45) is 0 Å². The Labute approximate surface area is 105 Å². The second kappa shape index (κ2) is 5.07. The zero-order valence-corrected chi connectivity index (χ0v) is 10.5. The average Bonchev–Trinajstić information content (AvgIpc) is 2.89. The van der Waals surface area contributed by atoms with Gasteiger partial charge in [-0.25, -0.2) is 9.78 Å². The summed E-state index contributed by atoms with van der Waals surface area (Å²) >= 11 is 0. The molecule has 1 aliphatic heterocycles. The molecular formula is C11H16N4O3. The second-order valence-electron chi connectivity index (χ2n) is 4.30. The molecular weight excluding hydrogens is 236 g/mol. The molecule has 98 valence electrons. The summed E-state index contributed by atoms with van der Waals surface area (Å²) in [4.78, 5) is 33.2. The molecule has 0 spiro atoms. The number of ether oxygens (including phenoxy) is 1. The van der Waals surface area contributed by atoms with Crippen LogP contribution in [0.2, 0.25) is 0 Å². The predicted octanol–water partition coefficient (Wildman–Crippen LogP) is 0.129. The number of hydrogen-bond acceptors (Lipinski definition) is 4. The molecule has 0 bridgehead atoms. The SMILES string of the molecule is Cc1cnc(CN(C)C(=O)CN2CCOC2=O)[nH]1. The van der Waals surface area contributed by atoms with Crippen molar-refractivity contribution < 1.29 is 14.3 Å². The smallest absolute Gasteiger partial charge is 0.410 e. The van der Waals surface area contributed by atoms with Gasteiger partial charge in [0.15, 0.2) is 0 Å². The van der Waals surface area contributed by atoms with Crippen molar-refractivity contribution in [2.75, 3.05) is 26.7 Å². The number of nitrogens with zero attached hydrogens (tertiary/aromatic N) is 3. The van der Waals surface area contributed by atoms with Crippen molar-refractivity contribution in [3.05, 3.63) is 17.7 Å². The van der Waals surface area contributed by atoms with Crippen LogP contribution in [0, 0.1) is 6.92 Å². The maximum atomic E-state index is 11.9. The highest BCUT2D eigenvalue weighted by Crippen LogP contribution is 2.05. The zero-order chi connectivity index (χ0) is 13.1. The van der Waals surface area contributed by atoms with Crippen molar-refractivity contribution in [2.45, 2.75) is 13.5 Å². The Balaban J connectivity index is 1.86. The molecule has 1 aromatic rings. The number of aromatic amines is 1. The Morgan fingerprint density at radius 3 is 3.00 bits per heavy atom. The third-order valence-corrected chi connectivity index (χ3v) is 2.74. The number of carbonyl (C=O) groups is 2. The first-order valence-corrected chi connectivity index (χ1v) is 5.72. The van der Waals surface area contributed by atoms with Crippen LogP contribution in [0.15, 0.2) is 6.20 Å². The van der Waals surface area contributed by atoms with Gasteiger partial charge in [-0.15, -0.1) is 0 Å². The van der Waals surface area contributed by atoms with Gasteiger partial charge in [-0.1, -0.05) is 0 Å². The van der Waals surface area contributed by atoms with Gasteiger partial charge >= 0.3 is 6.09 Å². The molecule has 7 nitrogen and oxygen atoms in total. The van der Waals surface area contributed by atoms with Crippen LogP contribution in [-0.2, 0) is 16.1 Å². The molecule has 0 aromatic carbocycles. The first kappa shape index (κ1) is 12.4. The summed E-state index contributed by atoms with van der Waals surface area (Å²) in [5.74, 6) is 0.593. The number of likely N-dealkylation sites (N-methyl/N-ethyl adjacent to an activating group) is 1. The zero-order valence-electron chi connectivity index (χ0n) is 10.5. The van der Waals surface area contributed by atoms with E-state index in [2.05, 4.69) is 9.97 Å². The van der Waals surface area contributed by atoms with Gasteiger partial charge in [0, 0.05) is 18.9 Å². The summed E-state index contributed by atoms with van der Waals surface area (Å²) in [6.45, 7) is 3.18. The maximum Gasteiger partial charge on any atom is 0.410 e. The predicted molar refractivity (Wildman–Crippen MR) is 62.7 cm³/mol. The highest BCUT2D eigenvalue weighted by molar-refractivity contribution is 5.82. The van der Waals surface area contributed by atoms with Crippen LogP contribution >= 0.6 is 0 Å². The fraction of sp³-hybridized carbons (Fsp3) is 0.545. The van der Waals surface area contributed by atoms with Crippen molar-refractivity contribution in [1.29, 1.82) is 0 Å². The first-order chi connectivity index (χ1) is 8.56. The topological polar surface area (TPSA) is 78.5 Å². The highest BCUT2D eigenvalue weighted by atomic mass is 16.6. The lowest BCUT2D eigenvalue weighted by Crippen LogP contribution is -2.38. The van der Waals surface area contributed by atoms with Gasteiger partial charge < -0.3 is 14.6 Å². The van der Waals surface area contributed by atoms with Crippen LogP contribution in [-0.4, -0.2) is 58.5 Å². The van der Waals surface area contributed by atoms with E-state index < -0.39 is 6.09 Å². The monoisotopic (exact) mass is 252 g/mol. The average molecular weight is 252 g/mol. The van der Waals surface area contributed by atoms with Gasteiger partial charge in [0.1, 0.15) is 19.0 Å². The number of aryl methyl sites for hydroxylation is 1. The number of rotatable bonds is 4. The summed E-state index contributed by atoms with van der Waals surface area (Å²) in [7, 11) is 1.68. The fourth-order valence-electron chi connectivity index (χ4n) is 1.71. The summed E-state index contributed by atoms with van der Waals surface area (Å²) in [5, 5.41) is 0. The van der Waals surface area contributed by atoms with Crippen LogP contribution < -0.4 is 0 Å². The Bertz CT molecular complexity index is 457. The van der Waals surface area contributed by atoms with Crippen LogP contribution in [0.4, 0.5) is 4.79 Å². The third-order valence-electron chi connectivity index (χ3n) is 2.74. The van der Waals surface area contributed by atoms with E-state index >= 15 is 0 Å². The molecule has 2 rings (SSSR count). The third kappa shape index (κ3) is 2.79. The molecule has 1 aliphatic rings. The number of cyclic esters (lactones) is 1. The molecule has 1 N–H and O–H groups in total. The molecule has 0 atom stereocenters. The maximum absolute atomic E-state index is 11.9. The number of carbonyl (C=O) groups excluding carboxylic acids is 2. The minimum Gasteiger partial charge on any atom is -0.448 e. The number of hydrogen-bond donors (Lipinski definition) is 1. The van der Waals surface area contributed by atoms with Gasteiger partial charge in [-0.2, -0.15) is 0 Å². The van der Waals surface area contributed by atoms with Crippen LogP contribution in [0.3, 0.4) is 0 Å². The molecule has 1 aromatic heterocycles. The molecule has 0 unspecified atom stereocenters. The van der Waals surface area contributed by atoms with E-state index in [1.807, 2.05) is 6.92 Å². The number of nitrogens with one attached hydrogen (secondary N) is 1. The van der Waals surface area contributed by atoms with E-state index in [1.165, 1.54) is 9.80 Å². The number of amides is 2. The van der Waals surface area contributed by atoms with Crippen molar-refractivity contribution >= 4 is 12.0 Å². The molecule has 1 fully saturated rings. The lowest BCUT2D eigenvalue weighted by atomic mass is 10.4. The molecule has 0 radical (unpaired) electrons. The van der Waals surface area contributed by atoms with E-state index in [-0.39, 0.29) is 12.5 Å². The number of aromatic nitrogens is 2. The van der Waals surface area contributed by atoms with E-state index in [0.717, 1.165) is 11.5 Å². The van der Waals surface area contributed by atoms with E-state index in [4.69, 9.17) is 4.74 Å². The molecule has 7 heteroatoms. The molecule has 2 amide bonds. The van der Waals surface area contributed by atoms with Gasteiger partial charge in [0.05, 0.1) is 13.1 Å². The van der Waals surface area contributed by atoms with Crippen molar-refractivity contribution in [1.82, 2.24) is 19.8 Å². The standard InChI is InChI=1S/C11H16N4O3/c1-8-5-12-9(13-8)6-14(2)10(16)7-15-3-4-18-11(15)17/h5H,3-4,6-7H2,1-2H3,(H,12,13).